The number of anilines is 1. The minimum Gasteiger partial charge on any atom is -0.493 e. The van der Waals surface area contributed by atoms with Crippen LogP contribution in [0.4, 0.5) is 10.1 Å². The number of carbonyl (C=O) groups excluding carboxylic acids is 1. The maximum Gasteiger partial charge on any atom is 0.280 e. The van der Waals surface area contributed by atoms with Crippen LogP contribution in [-0.2, 0) is 0 Å². The molecule has 6 heteroatoms. The van der Waals surface area contributed by atoms with E-state index in [1.165, 1.54) is 23.9 Å². The Morgan fingerprint density at radius 2 is 1.88 bits per heavy atom. The number of rotatable bonds is 4. The molecule has 0 aliphatic carbocycles. The highest BCUT2D eigenvalue weighted by Crippen LogP contribution is 2.23. The lowest BCUT2D eigenvalue weighted by atomic mass is 10.1. The number of methoxy groups -OCH3 is 1. The first-order valence-electron chi connectivity index (χ1n) is 7.76. The van der Waals surface area contributed by atoms with E-state index in [-0.39, 0.29) is 17.4 Å². The van der Waals surface area contributed by atoms with Crippen molar-refractivity contribution in [3.05, 3.63) is 71.3 Å². The molecule has 0 saturated carbocycles. The van der Waals surface area contributed by atoms with Crippen molar-refractivity contribution < 1.29 is 13.9 Å². The summed E-state index contributed by atoms with van der Waals surface area (Å²) in [6, 6.07) is 11.5. The molecule has 0 aliphatic rings. The van der Waals surface area contributed by atoms with E-state index in [9.17, 15) is 9.18 Å². The van der Waals surface area contributed by atoms with Crippen LogP contribution >= 0.6 is 0 Å². The molecule has 1 heterocycles. The molecule has 5 nitrogen and oxygen atoms in total. The summed E-state index contributed by atoms with van der Waals surface area (Å²) in [4.78, 5) is 12.6. The molecule has 128 valence electrons. The second-order valence-electron chi connectivity index (χ2n) is 5.67. The van der Waals surface area contributed by atoms with Gasteiger partial charge in [-0.2, -0.15) is 5.10 Å². The largest absolute Gasteiger partial charge is 0.493 e. The zero-order chi connectivity index (χ0) is 18.0. The second-order valence-corrected chi connectivity index (χ2v) is 5.67. The molecule has 0 fully saturated rings. The maximum absolute atomic E-state index is 13.1. The van der Waals surface area contributed by atoms with Crippen LogP contribution in [0.5, 0.6) is 5.75 Å². The van der Waals surface area contributed by atoms with Gasteiger partial charge in [-0.3, -0.25) is 4.79 Å². The van der Waals surface area contributed by atoms with Crippen molar-refractivity contribution in [1.29, 1.82) is 0 Å². The van der Waals surface area contributed by atoms with Crippen molar-refractivity contribution >= 4 is 11.6 Å². The monoisotopic (exact) mass is 339 g/mol. The van der Waals surface area contributed by atoms with Gasteiger partial charge < -0.3 is 10.1 Å². The van der Waals surface area contributed by atoms with Gasteiger partial charge in [0.2, 0.25) is 0 Å². The Labute approximate surface area is 145 Å². The highest BCUT2D eigenvalue weighted by Gasteiger charge is 2.19. The van der Waals surface area contributed by atoms with Gasteiger partial charge in [-0.15, -0.1) is 0 Å². The highest BCUT2D eigenvalue weighted by molar-refractivity contribution is 6.05. The predicted octanol–water partition coefficient (Wildman–Crippen LogP) is 3.89. The number of nitrogens with one attached hydrogen (secondary N) is 1. The van der Waals surface area contributed by atoms with Gasteiger partial charge in [0, 0.05) is 5.69 Å². The Kier molecular flexibility index (Phi) is 4.52. The molecular formula is C19H18FN3O2. The lowest BCUT2D eigenvalue weighted by Crippen LogP contribution is -2.15. The molecule has 0 aliphatic heterocycles. The summed E-state index contributed by atoms with van der Waals surface area (Å²) in [6.45, 7) is 3.92. The summed E-state index contributed by atoms with van der Waals surface area (Å²) in [5.41, 5.74) is 3.59. The first-order chi connectivity index (χ1) is 12.0. The Bertz CT molecular complexity index is 917. The van der Waals surface area contributed by atoms with E-state index >= 15 is 0 Å². The topological polar surface area (TPSA) is 56.2 Å². The normalized spacial score (nSPS) is 10.6. The zero-order valence-corrected chi connectivity index (χ0v) is 14.2. The fourth-order valence-electron chi connectivity index (χ4n) is 2.46. The molecule has 0 spiro atoms. The molecule has 1 amide bonds. The van der Waals surface area contributed by atoms with Gasteiger partial charge in [-0.25, -0.2) is 9.07 Å². The summed E-state index contributed by atoms with van der Waals surface area (Å²) in [5.74, 6) is -0.366. The number of nitrogens with zero attached hydrogens (tertiary/aromatic N) is 2. The van der Waals surface area contributed by atoms with Crippen molar-refractivity contribution in [2.45, 2.75) is 13.8 Å². The Balaban J connectivity index is 1.92. The molecule has 1 aromatic heterocycles. The lowest BCUT2D eigenvalue weighted by molar-refractivity contribution is 0.101. The van der Waals surface area contributed by atoms with Crippen LogP contribution in [0.25, 0.3) is 5.69 Å². The van der Waals surface area contributed by atoms with Gasteiger partial charge in [-0.1, -0.05) is 12.1 Å². The molecule has 3 rings (SSSR count). The van der Waals surface area contributed by atoms with E-state index in [0.29, 0.717) is 11.4 Å². The third kappa shape index (κ3) is 3.38. The Morgan fingerprint density at radius 1 is 1.16 bits per heavy atom. The molecule has 2 aromatic carbocycles. The van der Waals surface area contributed by atoms with Gasteiger partial charge in [0.15, 0.2) is 11.4 Å². The van der Waals surface area contributed by atoms with Crippen LogP contribution in [-0.4, -0.2) is 22.8 Å². The fraction of sp³-hybridized carbons (Fsp3) is 0.158. The van der Waals surface area contributed by atoms with E-state index < -0.39 is 0 Å². The maximum atomic E-state index is 13.1. The molecular weight excluding hydrogens is 321 g/mol. The number of amides is 1. The van der Waals surface area contributed by atoms with Gasteiger partial charge in [0.05, 0.1) is 19.0 Å². The third-order valence-electron chi connectivity index (χ3n) is 4.06. The average Bonchev–Trinajstić information content (AvgIpc) is 3.04. The number of aromatic nitrogens is 2. The quantitative estimate of drug-likeness (QED) is 0.784. The molecule has 25 heavy (non-hydrogen) atoms. The first kappa shape index (κ1) is 16.7. The molecule has 0 saturated heterocycles. The number of benzene rings is 2. The van der Waals surface area contributed by atoms with Crippen LogP contribution in [0.2, 0.25) is 0 Å². The summed E-state index contributed by atoms with van der Waals surface area (Å²) in [7, 11) is 1.47. The molecule has 3 aromatic rings. The van der Waals surface area contributed by atoms with Gasteiger partial charge >= 0.3 is 0 Å². The molecule has 1 N–H and O–H groups in total. The summed E-state index contributed by atoms with van der Waals surface area (Å²) >= 11 is 0. The van der Waals surface area contributed by atoms with Gasteiger partial charge in [0.25, 0.3) is 5.91 Å². The minimum atomic E-state index is -0.369. The molecule has 0 bridgehead atoms. The second kappa shape index (κ2) is 6.76. The number of aryl methyl sites for hydroxylation is 1. The van der Waals surface area contributed by atoms with Crippen molar-refractivity contribution in [2.24, 2.45) is 0 Å². The number of ether oxygens (including phenoxy) is 1. The lowest BCUT2D eigenvalue weighted by Gasteiger charge is -2.09. The summed E-state index contributed by atoms with van der Waals surface area (Å²) in [5, 5.41) is 7.15. The van der Waals surface area contributed by atoms with Crippen LogP contribution < -0.4 is 10.1 Å². The van der Waals surface area contributed by atoms with E-state index in [1.807, 2.05) is 32.0 Å². The van der Waals surface area contributed by atoms with E-state index in [1.54, 1.807) is 18.3 Å². The standard InChI is InChI=1S/C19H18FN3O2/c1-12-5-4-6-16(13(12)2)21-19(24)18-17(25-3)11-23(22-18)15-9-7-14(20)8-10-15/h4-11H,1-3H3,(H,21,24). The zero-order valence-electron chi connectivity index (χ0n) is 14.2. The molecule has 0 unspecified atom stereocenters. The minimum absolute atomic E-state index is 0.160. The van der Waals surface area contributed by atoms with Gasteiger partial charge in [0.1, 0.15) is 5.82 Å². The first-order valence-corrected chi connectivity index (χ1v) is 7.76. The SMILES string of the molecule is COc1cn(-c2ccc(F)cc2)nc1C(=O)Nc1cccc(C)c1C. The Morgan fingerprint density at radius 3 is 2.56 bits per heavy atom. The average molecular weight is 339 g/mol. The number of halogens is 1. The van der Waals surface area contributed by atoms with E-state index in [0.717, 1.165) is 16.8 Å². The summed E-state index contributed by atoms with van der Waals surface area (Å²) < 4.78 is 19.8. The molecule has 0 radical (unpaired) electrons. The van der Waals surface area contributed by atoms with E-state index in [2.05, 4.69) is 10.4 Å². The third-order valence-corrected chi connectivity index (χ3v) is 4.06. The van der Waals surface area contributed by atoms with Crippen LogP contribution in [0.3, 0.4) is 0 Å². The fourth-order valence-corrected chi connectivity index (χ4v) is 2.46. The van der Waals surface area contributed by atoms with E-state index in [4.69, 9.17) is 4.74 Å². The van der Waals surface area contributed by atoms with Crippen molar-refractivity contribution in [3.8, 4) is 11.4 Å². The van der Waals surface area contributed by atoms with Crippen LogP contribution in [0.1, 0.15) is 21.6 Å². The highest BCUT2D eigenvalue weighted by atomic mass is 19.1. The number of hydrogen-bond acceptors (Lipinski definition) is 3. The smallest absolute Gasteiger partial charge is 0.280 e. The van der Waals surface area contributed by atoms with Crippen molar-refractivity contribution in [3.63, 3.8) is 0 Å². The van der Waals surface area contributed by atoms with Crippen molar-refractivity contribution in [2.75, 3.05) is 12.4 Å². The predicted molar refractivity (Wildman–Crippen MR) is 93.9 cm³/mol. The molecule has 0 atom stereocenters. The number of hydrogen-bond donors (Lipinski definition) is 1. The summed E-state index contributed by atoms with van der Waals surface area (Å²) in [6.07, 6.45) is 1.59. The van der Waals surface area contributed by atoms with Gasteiger partial charge in [-0.05, 0) is 55.3 Å². The van der Waals surface area contributed by atoms with Crippen molar-refractivity contribution in [1.82, 2.24) is 9.78 Å². The van der Waals surface area contributed by atoms with Crippen LogP contribution in [0.15, 0.2) is 48.7 Å². The Hall–Kier alpha value is -3.15. The number of carbonyl (C=O) groups is 1. The van der Waals surface area contributed by atoms with Crippen LogP contribution in [0, 0.1) is 19.7 Å².